The molecule has 123 heavy (non-hydrogen) atoms. The van der Waals surface area contributed by atoms with E-state index in [4.69, 9.17) is 0 Å². The Hall–Kier alpha value is -9.96. The van der Waals surface area contributed by atoms with Crippen LogP contribution in [0.15, 0.2) is 72.8 Å². The summed E-state index contributed by atoms with van der Waals surface area (Å²) in [5, 5.41) is 2.87. The summed E-state index contributed by atoms with van der Waals surface area (Å²) in [6, 6.07) is 21.7. The first-order valence-electron chi connectivity index (χ1n) is 46.0. The van der Waals surface area contributed by atoms with Gasteiger partial charge in [0.2, 0.25) is 0 Å². The fourth-order valence-corrected chi connectivity index (χ4v) is 24.1. The van der Waals surface area contributed by atoms with Gasteiger partial charge in [-0.05, 0) is 164 Å². The van der Waals surface area contributed by atoms with Gasteiger partial charge in [0.1, 0.15) is 0 Å². The highest BCUT2D eigenvalue weighted by atomic mass is 32.1. The molecule has 0 radical (unpaired) electrons. The Morgan fingerprint density at radius 3 is 0.569 bits per heavy atom. The van der Waals surface area contributed by atoms with Gasteiger partial charge in [0, 0.05) is 150 Å². The molecule has 12 amide bonds. The van der Waals surface area contributed by atoms with Crippen molar-refractivity contribution >= 4 is 167 Å². The summed E-state index contributed by atoms with van der Waals surface area (Å²) >= 11 is 3.88. The SMILES string of the molecule is CCCCC(CC)CN1C(=O)c2ccc3c4c(c5sc(-c6cc(-c7cc8c9c%10c(ccc%11c%10c(c8s7)C(=O)N(CC(CC)CCCC)C%11=O)C(=O)N(CC(CC)CCCC)C9=O)cc(-c7cc8c9c%10c(ccc%11c%10c(c8s7)C(=O)N(CC(CC)CCCC)C%11=O)C(=O)N(CC(CC)CCCC)C9=O)c6)cc5c(c24)C1=O)C(=O)N(CC(CC)CCCC)C3=O. The largest absolute Gasteiger partial charge is 0.274 e. The first kappa shape index (κ1) is 86.6. The van der Waals surface area contributed by atoms with Gasteiger partial charge in [-0.25, -0.2) is 0 Å². The summed E-state index contributed by atoms with van der Waals surface area (Å²) in [5.74, 6) is -6.19. The number of rotatable bonds is 39. The summed E-state index contributed by atoms with van der Waals surface area (Å²) in [6.07, 6.45) is 20.0. The average Bonchev–Trinajstić information content (AvgIpc) is 1.69. The summed E-state index contributed by atoms with van der Waals surface area (Å²) in [7, 11) is 0. The lowest BCUT2D eigenvalue weighted by Crippen LogP contribution is -2.45. The van der Waals surface area contributed by atoms with Crippen LogP contribution in [0.1, 0.15) is 361 Å². The number of hydrogen-bond acceptors (Lipinski definition) is 15. The minimum atomic E-state index is -0.527. The van der Waals surface area contributed by atoms with Crippen molar-refractivity contribution in [2.45, 2.75) is 237 Å². The van der Waals surface area contributed by atoms with Crippen LogP contribution < -0.4 is 0 Å². The Balaban J connectivity index is 0.991. The van der Waals surface area contributed by atoms with E-state index in [-0.39, 0.29) is 174 Å². The number of carbonyl (C=O) groups is 12. The molecule has 6 aliphatic heterocycles. The van der Waals surface area contributed by atoms with Crippen molar-refractivity contribution in [3.05, 3.63) is 140 Å². The summed E-state index contributed by atoms with van der Waals surface area (Å²) < 4.78 is 1.35. The van der Waals surface area contributed by atoms with Crippen LogP contribution in [0, 0.1) is 35.5 Å². The van der Waals surface area contributed by atoms with Crippen LogP contribution in [-0.4, -0.2) is 140 Å². The van der Waals surface area contributed by atoms with Crippen LogP contribution in [0.3, 0.4) is 0 Å². The van der Waals surface area contributed by atoms with Gasteiger partial charge in [-0.3, -0.25) is 86.9 Å². The van der Waals surface area contributed by atoms with E-state index >= 15 is 57.5 Å². The normalized spacial score (nSPS) is 16.7. The second kappa shape index (κ2) is 35.6. The Morgan fingerprint density at radius 2 is 0.398 bits per heavy atom. The van der Waals surface area contributed by atoms with E-state index in [9.17, 15) is 0 Å². The van der Waals surface area contributed by atoms with Crippen LogP contribution in [0.2, 0.25) is 0 Å². The molecule has 0 saturated carbocycles. The molecule has 0 fully saturated rings. The number of hydrogen-bond donors (Lipinski definition) is 0. The van der Waals surface area contributed by atoms with Crippen LogP contribution in [0.25, 0.3) is 93.9 Å². The number of benzene rings is 7. The predicted octanol–water partition coefficient (Wildman–Crippen LogP) is 24.7. The molecule has 642 valence electrons. The topological polar surface area (TPSA) is 224 Å². The third-order valence-electron chi connectivity index (χ3n) is 28.1. The summed E-state index contributed by atoms with van der Waals surface area (Å²) in [5.41, 5.74) is 4.39. The lowest BCUT2D eigenvalue weighted by atomic mass is 9.83. The van der Waals surface area contributed by atoms with Gasteiger partial charge in [-0.2, -0.15) is 0 Å². The van der Waals surface area contributed by atoms with E-state index in [0.717, 1.165) is 116 Å². The van der Waals surface area contributed by atoms with Crippen molar-refractivity contribution in [1.29, 1.82) is 0 Å². The van der Waals surface area contributed by atoms with E-state index in [1.54, 1.807) is 36.4 Å². The lowest BCUT2D eigenvalue weighted by molar-refractivity contribution is 0.0561. The fraction of sp³-hybridized carbons (Fsp3) is 0.471. The van der Waals surface area contributed by atoms with Crippen molar-refractivity contribution in [2.75, 3.05) is 39.3 Å². The number of amides is 12. The number of fused-ring (bicyclic) bond motifs is 9. The Bertz CT molecular complexity index is 5190. The molecule has 0 bridgehead atoms. The molecule has 18 nitrogen and oxygen atoms in total. The van der Waals surface area contributed by atoms with E-state index in [1.165, 1.54) is 63.4 Å². The third-order valence-corrected chi connectivity index (χ3v) is 31.7. The molecule has 3 aromatic heterocycles. The lowest BCUT2D eigenvalue weighted by Gasteiger charge is -2.34. The van der Waals surface area contributed by atoms with Crippen molar-refractivity contribution in [1.82, 2.24) is 29.4 Å². The number of imide groups is 6. The van der Waals surface area contributed by atoms with Crippen LogP contribution in [0.5, 0.6) is 0 Å². The van der Waals surface area contributed by atoms with Crippen LogP contribution in [0.4, 0.5) is 0 Å². The summed E-state index contributed by atoms with van der Waals surface area (Å²) in [6.45, 7) is 26.0. The number of unbranched alkanes of at least 4 members (excludes halogenated alkanes) is 6. The Labute approximate surface area is 732 Å². The van der Waals surface area contributed by atoms with Crippen molar-refractivity contribution in [3.63, 3.8) is 0 Å². The maximum absolute atomic E-state index is 16.1. The molecule has 10 aromatic rings. The monoisotopic (exact) mass is 1710 g/mol. The minimum Gasteiger partial charge on any atom is -0.274 e. The molecule has 21 heteroatoms. The zero-order valence-corrected chi connectivity index (χ0v) is 75.9. The predicted molar refractivity (Wildman–Crippen MR) is 493 cm³/mol. The molecule has 9 heterocycles. The molecule has 0 N–H and O–H groups in total. The zero-order chi connectivity index (χ0) is 87.0. The van der Waals surface area contributed by atoms with Crippen molar-refractivity contribution < 1.29 is 57.5 Å². The molecule has 0 saturated heterocycles. The molecular weight excluding hydrogens is 1600 g/mol. The highest BCUT2D eigenvalue weighted by Crippen LogP contribution is 2.55. The molecule has 0 spiro atoms. The van der Waals surface area contributed by atoms with Gasteiger partial charge in [0.25, 0.3) is 70.9 Å². The van der Waals surface area contributed by atoms with Gasteiger partial charge in [0.05, 0.1) is 33.4 Å². The molecule has 16 rings (SSSR count). The van der Waals surface area contributed by atoms with E-state index < -0.39 is 70.9 Å². The van der Waals surface area contributed by atoms with E-state index in [2.05, 4.69) is 83.1 Å². The van der Waals surface area contributed by atoms with Gasteiger partial charge in [-0.1, -0.05) is 199 Å². The smallest absolute Gasteiger partial charge is 0.262 e. The Kier molecular flexibility index (Phi) is 25.0. The van der Waals surface area contributed by atoms with Crippen molar-refractivity contribution in [3.8, 4) is 31.3 Å². The highest BCUT2D eigenvalue weighted by molar-refractivity contribution is 7.24. The highest BCUT2D eigenvalue weighted by Gasteiger charge is 2.49. The van der Waals surface area contributed by atoms with E-state index in [1.807, 2.05) is 36.4 Å². The van der Waals surface area contributed by atoms with Crippen LogP contribution in [-0.2, 0) is 0 Å². The first-order chi connectivity index (χ1) is 59.5. The van der Waals surface area contributed by atoms with Crippen LogP contribution >= 0.6 is 34.0 Å². The minimum absolute atomic E-state index is 0.0127. The molecule has 6 atom stereocenters. The average molecular weight is 1710 g/mol. The van der Waals surface area contributed by atoms with Gasteiger partial charge >= 0.3 is 0 Å². The first-order valence-corrected chi connectivity index (χ1v) is 48.5. The molecule has 6 unspecified atom stereocenters. The molecular formula is C102H114N6O12S3. The molecule has 0 aliphatic carbocycles. The van der Waals surface area contributed by atoms with E-state index in [0.29, 0.717) is 100 Å². The summed E-state index contributed by atoms with van der Waals surface area (Å²) in [4.78, 5) is 199. The number of nitrogens with zero attached hydrogens (tertiary/aromatic N) is 6. The maximum atomic E-state index is 16.1. The zero-order valence-electron chi connectivity index (χ0n) is 73.4. The Morgan fingerprint density at radius 1 is 0.228 bits per heavy atom. The quantitative estimate of drug-likeness (QED) is 0.0328. The second-order valence-corrected chi connectivity index (χ2v) is 38.8. The third kappa shape index (κ3) is 14.6. The molecule has 7 aromatic carbocycles. The number of thiophene rings is 3. The molecule has 6 aliphatic rings. The number of carbonyl (C=O) groups excluding carboxylic acids is 12. The maximum Gasteiger partial charge on any atom is 0.262 e. The second-order valence-electron chi connectivity index (χ2n) is 35.7. The van der Waals surface area contributed by atoms with Gasteiger partial charge in [0.15, 0.2) is 0 Å². The van der Waals surface area contributed by atoms with Gasteiger partial charge in [-0.15, -0.1) is 34.0 Å². The van der Waals surface area contributed by atoms with Crippen molar-refractivity contribution in [2.24, 2.45) is 35.5 Å². The van der Waals surface area contributed by atoms with Gasteiger partial charge < -0.3 is 0 Å². The standard InChI is InChI=1S/C102H114N6O12S3/c1-13-25-31-55(19-7)49-103-91(109)64-37-40-67-79-76(64)82(97(103)115)70-46-73(121-88(70)85(79)100(118)106(94(67)112)52-58(22-10)34-28-16-4)61-43-62(74-47-71-83-77-65(92(110)104(98(83)116)50-56(20-8)32-26-14-2)38-41-68-80(77)86(89(71)122-74)101(119)107(95(68)113)53-59(23-11)35-29-17-5)45-63(44-61)75-48-72-84-78-66(93(111)105(99(84)117)51-57(21-9)33-27-15-3)39-42-69-81(78)87(90(72)123-75)102(120)108(96(69)114)54-60(24-12)36-30-18-6/h37-48,55-60H,13-36,49-54H2,1-12H3. The fourth-order valence-electron chi connectivity index (χ4n) is 20.5.